The molecular formula is C17H18N2O2. The molecule has 3 aromatic rings. The Morgan fingerprint density at radius 2 is 2.00 bits per heavy atom. The van der Waals surface area contributed by atoms with E-state index in [4.69, 9.17) is 9.15 Å². The first kappa shape index (κ1) is 13.5. The zero-order valence-electron chi connectivity index (χ0n) is 12.4. The van der Waals surface area contributed by atoms with Gasteiger partial charge in [0.15, 0.2) is 0 Å². The number of methoxy groups -OCH3 is 1. The number of ether oxygens (including phenoxy) is 1. The van der Waals surface area contributed by atoms with Crippen molar-refractivity contribution in [3.63, 3.8) is 0 Å². The molecule has 1 atom stereocenters. The lowest BCUT2D eigenvalue weighted by atomic mass is 10.1. The highest BCUT2D eigenvalue weighted by Crippen LogP contribution is 2.31. The molecule has 4 heteroatoms. The number of rotatable bonds is 4. The second-order valence-corrected chi connectivity index (χ2v) is 5.03. The van der Waals surface area contributed by atoms with Gasteiger partial charge in [0.2, 0.25) is 0 Å². The van der Waals surface area contributed by atoms with Crippen LogP contribution in [0, 0.1) is 6.92 Å². The molecule has 4 nitrogen and oxygen atoms in total. The molecule has 0 radical (unpaired) electrons. The molecule has 3 rings (SSSR count). The van der Waals surface area contributed by atoms with E-state index in [2.05, 4.69) is 17.2 Å². The van der Waals surface area contributed by atoms with Crippen LogP contribution in [0.4, 0.5) is 5.82 Å². The molecule has 21 heavy (non-hydrogen) atoms. The molecule has 0 aliphatic heterocycles. The maximum Gasteiger partial charge on any atom is 0.134 e. The fourth-order valence-corrected chi connectivity index (χ4v) is 2.43. The lowest BCUT2D eigenvalue weighted by Gasteiger charge is -2.15. The number of hydrogen-bond donors (Lipinski definition) is 1. The SMILES string of the molecule is COc1cccc2c(NC(C)c3ccc(C)o3)nccc12. The maximum atomic E-state index is 5.66. The summed E-state index contributed by atoms with van der Waals surface area (Å²) in [6.07, 6.45) is 1.79. The third kappa shape index (κ3) is 2.57. The number of fused-ring (bicyclic) bond motifs is 1. The standard InChI is InChI=1S/C17H18N2O2/c1-11-7-8-15(21-11)12(2)19-17-14-5-4-6-16(20-3)13(14)9-10-18-17/h4-10,12H,1-3H3,(H,18,19). The van der Waals surface area contributed by atoms with Gasteiger partial charge in [0, 0.05) is 17.0 Å². The average Bonchev–Trinajstić information content (AvgIpc) is 2.93. The summed E-state index contributed by atoms with van der Waals surface area (Å²) in [5, 5.41) is 5.48. The van der Waals surface area contributed by atoms with Crippen LogP contribution in [0.5, 0.6) is 5.75 Å². The van der Waals surface area contributed by atoms with Crippen LogP contribution in [0.15, 0.2) is 47.0 Å². The summed E-state index contributed by atoms with van der Waals surface area (Å²) in [4.78, 5) is 4.45. The Balaban J connectivity index is 1.97. The average molecular weight is 282 g/mol. The number of nitrogens with zero attached hydrogens (tertiary/aromatic N) is 1. The molecule has 1 unspecified atom stereocenters. The number of pyridine rings is 1. The molecule has 1 aromatic carbocycles. The number of furan rings is 1. The highest BCUT2D eigenvalue weighted by Gasteiger charge is 2.12. The van der Waals surface area contributed by atoms with Gasteiger partial charge in [0.05, 0.1) is 13.2 Å². The largest absolute Gasteiger partial charge is 0.496 e. The van der Waals surface area contributed by atoms with Crippen molar-refractivity contribution < 1.29 is 9.15 Å². The number of aromatic nitrogens is 1. The fourth-order valence-electron chi connectivity index (χ4n) is 2.43. The number of aryl methyl sites for hydroxylation is 1. The summed E-state index contributed by atoms with van der Waals surface area (Å²) in [5.41, 5.74) is 0. The first-order valence-corrected chi connectivity index (χ1v) is 6.93. The minimum absolute atomic E-state index is 0.0444. The van der Waals surface area contributed by atoms with Crippen molar-refractivity contribution in [3.05, 3.63) is 54.1 Å². The molecule has 0 spiro atoms. The van der Waals surface area contributed by atoms with Gasteiger partial charge in [-0.15, -0.1) is 0 Å². The van der Waals surface area contributed by atoms with Crippen LogP contribution >= 0.6 is 0 Å². The summed E-state index contributed by atoms with van der Waals surface area (Å²) in [6, 6.07) is 11.9. The molecule has 108 valence electrons. The first-order chi connectivity index (χ1) is 10.2. The van der Waals surface area contributed by atoms with Crippen molar-refractivity contribution >= 4 is 16.6 Å². The first-order valence-electron chi connectivity index (χ1n) is 6.93. The Kier molecular flexibility index (Phi) is 3.52. The van der Waals surface area contributed by atoms with Crippen molar-refractivity contribution in [3.8, 4) is 5.75 Å². The van der Waals surface area contributed by atoms with E-state index in [0.29, 0.717) is 0 Å². The van der Waals surface area contributed by atoms with Crippen molar-refractivity contribution in [1.29, 1.82) is 0 Å². The zero-order valence-corrected chi connectivity index (χ0v) is 12.4. The van der Waals surface area contributed by atoms with E-state index in [1.165, 1.54) is 0 Å². The van der Waals surface area contributed by atoms with Gasteiger partial charge < -0.3 is 14.5 Å². The maximum absolute atomic E-state index is 5.66. The lowest BCUT2D eigenvalue weighted by Crippen LogP contribution is -2.07. The van der Waals surface area contributed by atoms with Gasteiger partial charge in [-0.2, -0.15) is 0 Å². The van der Waals surface area contributed by atoms with E-state index in [1.54, 1.807) is 13.3 Å². The molecule has 0 aliphatic rings. The van der Waals surface area contributed by atoms with Crippen molar-refractivity contribution in [2.45, 2.75) is 19.9 Å². The Morgan fingerprint density at radius 1 is 1.14 bits per heavy atom. The van der Waals surface area contributed by atoms with Gasteiger partial charge in [-0.05, 0) is 38.1 Å². The molecule has 2 heterocycles. The van der Waals surface area contributed by atoms with Crippen molar-refractivity contribution in [2.75, 3.05) is 12.4 Å². The molecule has 0 saturated carbocycles. The molecule has 0 bridgehead atoms. The van der Waals surface area contributed by atoms with Crippen molar-refractivity contribution in [2.24, 2.45) is 0 Å². The molecule has 0 fully saturated rings. The van der Waals surface area contributed by atoms with Crippen LogP contribution in [0.2, 0.25) is 0 Å². The van der Waals surface area contributed by atoms with E-state index in [9.17, 15) is 0 Å². The Labute approximate surface area is 123 Å². The van der Waals surface area contributed by atoms with Crippen LogP contribution in [0.25, 0.3) is 10.8 Å². The van der Waals surface area contributed by atoms with Gasteiger partial charge in [-0.25, -0.2) is 4.98 Å². The predicted octanol–water partition coefficient (Wildman–Crippen LogP) is 4.32. The van der Waals surface area contributed by atoms with Gasteiger partial charge >= 0.3 is 0 Å². The third-order valence-electron chi connectivity index (χ3n) is 3.53. The lowest BCUT2D eigenvalue weighted by molar-refractivity contribution is 0.420. The number of hydrogen-bond acceptors (Lipinski definition) is 4. The van der Waals surface area contributed by atoms with Gasteiger partial charge in [0.25, 0.3) is 0 Å². The quantitative estimate of drug-likeness (QED) is 0.774. The van der Waals surface area contributed by atoms with Crippen LogP contribution in [0.1, 0.15) is 24.5 Å². The fraction of sp³-hybridized carbons (Fsp3) is 0.235. The normalized spacial score (nSPS) is 12.3. The van der Waals surface area contributed by atoms with E-state index in [-0.39, 0.29) is 6.04 Å². The Hall–Kier alpha value is -2.49. The highest BCUT2D eigenvalue weighted by molar-refractivity contribution is 5.95. The molecule has 0 amide bonds. The molecule has 1 N–H and O–H groups in total. The van der Waals surface area contributed by atoms with Gasteiger partial charge in [-0.1, -0.05) is 12.1 Å². The summed E-state index contributed by atoms with van der Waals surface area (Å²) >= 11 is 0. The topological polar surface area (TPSA) is 47.3 Å². The smallest absolute Gasteiger partial charge is 0.134 e. The Morgan fingerprint density at radius 3 is 2.71 bits per heavy atom. The number of anilines is 1. The van der Waals surface area contributed by atoms with Crippen LogP contribution in [-0.4, -0.2) is 12.1 Å². The van der Waals surface area contributed by atoms with Gasteiger partial charge in [0.1, 0.15) is 23.1 Å². The second-order valence-electron chi connectivity index (χ2n) is 5.03. The molecular weight excluding hydrogens is 264 g/mol. The highest BCUT2D eigenvalue weighted by atomic mass is 16.5. The zero-order chi connectivity index (χ0) is 14.8. The van der Waals surface area contributed by atoms with Gasteiger partial charge in [-0.3, -0.25) is 0 Å². The van der Waals surface area contributed by atoms with E-state index in [1.807, 2.05) is 43.3 Å². The molecule has 0 aliphatic carbocycles. The summed E-state index contributed by atoms with van der Waals surface area (Å²) in [6.45, 7) is 4.00. The van der Waals surface area contributed by atoms with E-state index in [0.717, 1.165) is 33.9 Å². The Bertz CT molecular complexity index is 764. The monoisotopic (exact) mass is 282 g/mol. The minimum atomic E-state index is 0.0444. The van der Waals surface area contributed by atoms with Crippen LogP contribution < -0.4 is 10.1 Å². The number of benzene rings is 1. The van der Waals surface area contributed by atoms with Crippen molar-refractivity contribution in [1.82, 2.24) is 4.98 Å². The summed E-state index contributed by atoms with van der Waals surface area (Å²) < 4.78 is 11.1. The third-order valence-corrected chi connectivity index (χ3v) is 3.53. The summed E-state index contributed by atoms with van der Waals surface area (Å²) in [7, 11) is 1.68. The predicted molar refractivity (Wildman–Crippen MR) is 83.8 cm³/mol. The van der Waals surface area contributed by atoms with E-state index >= 15 is 0 Å². The minimum Gasteiger partial charge on any atom is -0.496 e. The van der Waals surface area contributed by atoms with Crippen LogP contribution in [-0.2, 0) is 0 Å². The molecule has 0 saturated heterocycles. The second kappa shape index (κ2) is 5.48. The number of nitrogens with one attached hydrogen (secondary N) is 1. The van der Waals surface area contributed by atoms with E-state index < -0.39 is 0 Å². The van der Waals surface area contributed by atoms with Crippen LogP contribution in [0.3, 0.4) is 0 Å². The molecule has 2 aromatic heterocycles. The summed E-state index contributed by atoms with van der Waals surface area (Å²) in [5.74, 6) is 3.48.